The van der Waals surface area contributed by atoms with Gasteiger partial charge in [0, 0.05) is 11.1 Å². The zero-order valence-corrected chi connectivity index (χ0v) is 14.7. The molecule has 27 heavy (non-hydrogen) atoms. The fraction of sp³-hybridized carbons (Fsp3) is 0.0952. The zero-order valence-electron chi connectivity index (χ0n) is 14.7. The minimum absolute atomic E-state index is 0.186. The number of anilines is 2. The van der Waals surface area contributed by atoms with E-state index in [1.54, 1.807) is 31.2 Å². The minimum atomic E-state index is -0.875. The van der Waals surface area contributed by atoms with Crippen LogP contribution in [0.4, 0.5) is 11.4 Å². The molecule has 0 unspecified atom stereocenters. The van der Waals surface area contributed by atoms with Crippen LogP contribution in [0, 0.1) is 0 Å². The van der Waals surface area contributed by atoms with Crippen molar-refractivity contribution in [2.24, 2.45) is 0 Å². The molecule has 0 fully saturated rings. The van der Waals surface area contributed by atoms with Gasteiger partial charge in [0.2, 0.25) is 0 Å². The van der Waals surface area contributed by atoms with Crippen LogP contribution in [-0.2, 0) is 14.3 Å². The first-order valence-corrected chi connectivity index (χ1v) is 8.46. The van der Waals surface area contributed by atoms with Crippen molar-refractivity contribution in [1.82, 2.24) is 0 Å². The number of rotatable bonds is 4. The largest absolute Gasteiger partial charge is 0.462 e. The Labute approximate surface area is 156 Å². The SMILES string of the molecule is CCOC(=O)c1ccccc1NC(=O)C(=O)Nc1cccc2ccccc12. The van der Waals surface area contributed by atoms with Gasteiger partial charge < -0.3 is 15.4 Å². The summed E-state index contributed by atoms with van der Waals surface area (Å²) in [6.45, 7) is 1.90. The highest BCUT2D eigenvalue weighted by molar-refractivity contribution is 6.44. The maximum atomic E-state index is 12.3. The number of amides is 2. The molecule has 3 aromatic rings. The fourth-order valence-corrected chi connectivity index (χ4v) is 2.67. The number of ether oxygens (including phenoxy) is 1. The molecule has 0 aromatic heterocycles. The molecule has 3 rings (SSSR count). The molecule has 0 aliphatic heterocycles. The summed E-state index contributed by atoms with van der Waals surface area (Å²) in [5, 5.41) is 6.85. The van der Waals surface area contributed by atoms with Crippen LogP contribution in [0.15, 0.2) is 66.7 Å². The highest BCUT2D eigenvalue weighted by Crippen LogP contribution is 2.23. The molecular formula is C21H18N2O4. The highest BCUT2D eigenvalue weighted by Gasteiger charge is 2.19. The molecule has 0 saturated carbocycles. The van der Waals surface area contributed by atoms with Gasteiger partial charge in [-0.15, -0.1) is 0 Å². The summed E-state index contributed by atoms with van der Waals surface area (Å²) in [5.41, 5.74) is 0.937. The Morgan fingerprint density at radius 2 is 1.37 bits per heavy atom. The Bertz CT molecular complexity index is 1010. The van der Waals surface area contributed by atoms with E-state index in [1.807, 2.05) is 30.3 Å². The predicted octanol–water partition coefficient (Wildman–Crippen LogP) is 3.59. The van der Waals surface area contributed by atoms with Gasteiger partial charge >= 0.3 is 17.8 Å². The number of hydrogen-bond acceptors (Lipinski definition) is 4. The molecule has 136 valence electrons. The number of fused-ring (bicyclic) bond motifs is 1. The number of benzene rings is 3. The molecule has 0 bridgehead atoms. The lowest BCUT2D eigenvalue weighted by molar-refractivity contribution is -0.132. The Hall–Kier alpha value is -3.67. The van der Waals surface area contributed by atoms with Crippen LogP contribution in [0.5, 0.6) is 0 Å². The maximum Gasteiger partial charge on any atom is 0.340 e. The number of hydrogen-bond donors (Lipinski definition) is 2. The number of para-hydroxylation sites is 1. The van der Waals surface area contributed by atoms with Gasteiger partial charge in [-0.25, -0.2) is 4.79 Å². The molecule has 0 heterocycles. The van der Waals surface area contributed by atoms with Crippen LogP contribution in [0.25, 0.3) is 10.8 Å². The summed E-state index contributed by atoms with van der Waals surface area (Å²) in [5.74, 6) is -2.27. The lowest BCUT2D eigenvalue weighted by Crippen LogP contribution is -2.29. The first kappa shape index (κ1) is 18.1. The van der Waals surface area contributed by atoms with Crippen molar-refractivity contribution in [2.45, 2.75) is 6.92 Å². The third kappa shape index (κ3) is 4.12. The second kappa shape index (κ2) is 8.14. The molecule has 0 spiro atoms. The third-order valence-corrected chi connectivity index (χ3v) is 3.91. The van der Waals surface area contributed by atoms with Gasteiger partial charge in [-0.2, -0.15) is 0 Å². The van der Waals surface area contributed by atoms with E-state index < -0.39 is 17.8 Å². The number of esters is 1. The van der Waals surface area contributed by atoms with E-state index in [2.05, 4.69) is 10.6 Å². The van der Waals surface area contributed by atoms with Crippen molar-refractivity contribution in [3.63, 3.8) is 0 Å². The Balaban J connectivity index is 1.77. The second-order valence-electron chi connectivity index (χ2n) is 5.70. The number of carbonyl (C=O) groups excluding carboxylic acids is 3. The number of nitrogens with one attached hydrogen (secondary N) is 2. The van der Waals surface area contributed by atoms with Crippen LogP contribution in [0.3, 0.4) is 0 Å². The van der Waals surface area contributed by atoms with Gasteiger partial charge in [-0.1, -0.05) is 48.5 Å². The van der Waals surface area contributed by atoms with E-state index in [1.165, 1.54) is 12.1 Å². The molecule has 0 saturated heterocycles. The topological polar surface area (TPSA) is 84.5 Å². The van der Waals surface area contributed by atoms with Crippen molar-refractivity contribution in [2.75, 3.05) is 17.2 Å². The van der Waals surface area contributed by atoms with E-state index in [4.69, 9.17) is 4.74 Å². The Kier molecular flexibility index (Phi) is 5.47. The van der Waals surface area contributed by atoms with Crippen LogP contribution in [0.1, 0.15) is 17.3 Å². The molecule has 0 radical (unpaired) electrons. The molecule has 6 nitrogen and oxygen atoms in total. The highest BCUT2D eigenvalue weighted by atomic mass is 16.5. The van der Waals surface area contributed by atoms with Crippen molar-refractivity contribution in [1.29, 1.82) is 0 Å². The summed E-state index contributed by atoms with van der Waals surface area (Å²) < 4.78 is 4.96. The van der Waals surface area contributed by atoms with E-state index in [0.717, 1.165) is 10.8 Å². The minimum Gasteiger partial charge on any atom is -0.462 e. The van der Waals surface area contributed by atoms with Crippen molar-refractivity contribution >= 4 is 39.9 Å². The third-order valence-electron chi connectivity index (χ3n) is 3.91. The van der Waals surface area contributed by atoms with Crippen molar-refractivity contribution < 1.29 is 19.1 Å². The average Bonchev–Trinajstić information content (AvgIpc) is 2.69. The van der Waals surface area contributed by atoms with Gasteiger partial charge in [-0.05, 0) is 30.5 Å². The molecule has 0 aliphatic carbocycles. The van der Waals surface area contributed by atoms with Crippen LogP contribution in [0.2, 0.25) is 0 Å². The molecule has 6 heteroatoms. The van der Waals surface area contributed by atoms with Crippen molar-refractivity contribution in [3.8, 4) is 0 Å². The Morgan fingerprint density at radius 1 is 0.778 bits per heavy atom. The lowest BCUT2D eigenvalue weighted by Gasteiger charge is -2.11. The molecule has 2 N–H and O–H groups in total. The average molecular weight is 362 g/mol. The van der Waals surface area contributed by atoms with Crippen molar-refractivity contribution in [3.05, 3.63) is 72.3 Å². The standard InChI is InChI=1S/C21H18N2O4/c1-2-27-21(26)16-11-5-6-12-18(16)23-20(25)19(24)22-17-13-7-9-14-8-3-4-10-15(14)17/h3-13H,2H2,1H3,(H,22,24)(H,23,25). The zero-order chi connectivity index (χ0) is 19.2. The smallest absolute Gasteiger partial charge is 0.340 e. The van der Waals surface area contributed by atoms with E-state index in [-0.39, 0.29) is 17.9 Å². The molecule has 0 atom stereocenters. The van der Waals surface area contributed by atoms with Gasteiger partial charge in [-0.3, -0.25) is 9.59 Å². The normalized spacial score (nSPS) is 10.3. The van der Waals surface area contributed by atoms with Gasteiger partial charge in [0.1, 0.15) is 0 Å². The Morgan fingerprint density at radius 3 is 2.15 bits per heavy atom. The van der Waals surface area contributed by atoms with Crippen LogP contribution in [-0.4, -0.2) is 24.4 Å². The van der Waals surface area contributed by atoms with E-state index in [9.17, 15) is 14.4 Å². The first-order valence-electron chi connectivity index (χ1n) is 8.46. The summed E-state index contributed by atoms with van der Waals surface area (Å²) >= 11 is 0. The summed E-state index contributed by atoms with van der Waals surface area (Å²) in [6.07, 6.45) is 0. The first-order chi connectivity index (χ1) is 13.1. The monoisotopic (exact) mass is 362 g/mol. The number of carbonyl (C=O) groups is 3. The molecule has 3 aromatic carbocycles. The van der Waals surface area contributed by atoms with Crippen LogP contribution >= 0.6 is 0 Å². The van der Waals surface area contributed by atoms with Gasteiger partial charge in [0.25, 0.3) is 0 Å². The second-order valence-corrected chi connectivity index (χ2v) is 5.70. The fourth-order valence-electron chi connectivity index (χ4n) is 2.67. The molecule has 2 amide bonds. The lowest BCUT2D eigenvalue weighted by atomic mass is 10.1. The quantitative estimate of drug-likeness (QED) is 0.549. The van der Waals surface area contributed by atoms with E-state index in [0.29, 0.717) is 5.69 Å². The predicted molar refractivity (Wildman–Crippen MR) is 104 cm³/mol. The van der Waals surface area contributed by atoms with E-state index >= 15 is 0 Å². The van der Waals surface area contributed by atoms with Gasteiger partial charge in [0.05, 0.1) is 17.9 Å². The summed E-state index contributed by atoms with van der Waals surface area (Å²) in [4.78, 5) is 36.6. The van der Waals surface area contributed by atoms with Gasteiger partial charge in [0.15, 0.2) is 0 Å². The summed E-state index contributed by atoms with van der Waals surface area (Å²) in [7, 11) is 0. The molecule has 0 aliphatic rings. The summed E-state index contributed by atoms with van der Waals surface area (Å²) in [6, 6.07) is 19.3. The molecular weight excluding hydrogens is 344 g/mol. The maximum absolute atomic E-state index is 12.3. The van der Waals surface area contributed by atoms with Crippen LogP contribution < -0.4 is 10.6 Å².